The first-order valence-electron chi connectivity index (χ1n) is 7.67. The molecule has 0 aliphatic carbocycles. The molecule has 1 N–H and O–H groups in total. The molecule has 0 atom stereocenters. The van der Waals surface area contributed by atoms with Crippen molar-refractivity contribution in [2.24, 2.45) is 5.16 Å². The highest BCUT2D eigenvalue weighted by atomic mass is 19.1. The van der Waals surface area contributed by atoms with Crippen molar-refractivity contribution in [1.82, 2.24) is 0 Å². The zero-order chi connectivity index (χ0) is 17.2. The van der Waals surface area contributed by atoms with Gasteiger partial charge in [-0.25, -0.2) is 9.18 Å². The first-order valence-corrected chi connectivity index (χ1v) is 7.67. The van der Waals surface area contributed by atoms with Crippen molar-refractivity contribution in [3.8, 4) is 5.75 Å². The molecule has 2 aromatic rings. The molecule has 0 bridgehead atoms. The molecule has 0 radical (unpaired) electrons. The molecule has 126 valence electrons. The first kappa shape index (κ1) is 17.5. The van der Waals surface area contributed by atoms with Crippen LogP contribution in [0.15, 0.2) is 53.7 Å². The highest BCUT2D eigenvalue weighted by molar-refractivity contribution is 5.86. The smallest absolute Gasteiger partial charge is 0.437 e. The average molecular weight is 330 g/mol. The van der Waals surface area contributed by atoms with Crippen LogP contribution < -0.4 is 10.1 Å². The fourth-order valence-corrected chi connectivity index (χ4v) is 1.82. The minimum Gasteiger partial charge on any atom is -0.494 e. The summed E-state index contributed by atoms with van der Waals surface area (Å²) in [5.41, 5.74) is 1.17. The number of amides is 1. The molecule has 0 aromatic heterocycles. The van der Waals surface area contributed by atoms with Crippen LogP contribution in [0.5, 0.6) is 5.75 Å². The molecule has 0 heterocycles. The van der Waals surface area contributed by atoms with Gasteiger partial charge in [0.05, 0.1) is 12.8 Å². The average Bonchev–Trinajstić information content (AvgIpc) is 2.57. The zero-order valence-electron chi connectivity index (χ0n) is 13.4. The van der Waals surface area contributed by atoms with Crippen LogP contribution in [0.1, 0.15) is 25.3 Å². The molecule has 0 saturated heterocycles. The van der Waals surface area contributed by atoms with Gasteiger partial charge in [0.15, 0.2) is 0 Å². The van der Waals surface area contributed by atoms with E-state index in [1.807, 2.05) is 6.07 Å². The van der Waals surface area contributed by atoms with Gasteiger partial charge in [0.2, 0.25) is 0 Å². The summed E-state index contributed by atoms with van der Waals surface area (Å²) in [6.45, 7) is 2.72. The van der Waals surface area contributed by atoms with Crippen LogP contribution in [0.4, 0.5) is 14.9 Å². The van der Waals surface area contributed by atoms with E-state index >= 15 is 0 Å². The van der Waals surface area contributed by atoms with E-state index in [0.29, 0.717) is 23.6 Å². The maximum atomic E-state index is 12.8. The van der Waals surface area contributed by atoms with Gasteiger partial charge in [0.25, 0.3) is 0 Å². The lowest BCUT2D eigenvalue weighted by Gasteiger charge is -2.07. The predicted octanol–water partition coefficient (Wildman–Crippen LogP) is 4.59. The molecule has 5 nitrogen and oxygen atoms in total. The molecule has 2 rings (SSSR count). The topological polar surface area (TPSA) is 59.9 Å². The molecule has 24 heavy (non-hydrogen) atoms. The number of anilines is 1. The molecule has 1 amide bonds. The minimum absolute atomic E-state index is 0.341. The van der Waals surface area contributed by atoms with Crippen molar-refractivity contribution in [2.45, 2.75) is 19.8 Å². The van der Waals surface area contributed by atoms with Crippen LogP contribution in [-0.4, -0.2) is 18.9 Å². The van der Waals surface area contributed by atoms with Gasteiger partial charge in [-0.05, 0) is 36.2 Å². The van der Waals surface area contributed by atoms with Crippen LogP contribution in [0.3, 0.4) is 0 Å². The lowest BCUT2D eigenvalue weighted by Crippen LogP contribution is -2.11. The normalized spacial score (nSPS) is 10.6. The second-order valence-corrected chi connectivity index (χ2v) is 5.02. The highest BCUT2D eigenvalue weighted by Crippen LogP contribution is 2.17. The van der Waals surface area contributed by atoms with Crippen LogP contribution in [0.25, 0.3) is 0 Å². The number of rotatable bonds is 7. The van der Waals surface area contributed by atoms with Gasteiger partial charge in [-0.15, -0.1) is 0 Å². The molecule has 0 fully saturated rings. The molecule has 0 aliphatic heterocycles. The van der Waals surface area contributed by atoms with E-state index in [9.17, 15) is 9.18 Å². The van der Waals surface area contributed by atoms with Crippen molar-refractivity contribution in [3.05, 3.63) is 59.9 Å². The summed E-state index contributed by atoms with van der Waals surface area (Å²) in [5, 5.41) is 6.11. The Hall–Kier alpha value is -2.89. The lowest BCUT2D eigenvalue weighted by molar-refractivity contribution is 0.167. The number of oxime groups is 1. The first-order chi connectivity index (χ1) is 11.7. The van der Waals surface area contributed by atoms with Crippen molar-refractivity contribution >= 4 is 18.0 Å². The van der Waals surface area contributed by atoms with Gasteiger partial charge in [-0.3, -0.25) is 10.2 Å². The Morgan fingerprint density at radius 2 is 2.04 bits per heavy atom. The van der Waals surface area contributed by atoms with E-state index in [0.717, 1.165) is 12.8 Å². The van der Waals surface area contributed by atoms with Crippen LogP contribution in [0.2, 0.25) is 0 Å². The maximum Gasteiger partial charge on any atom is 0.437 e. The third-order valence-electron chi connectivity index (χ3n) is 3.05. The summed E-state index contributed by atoms with van der Waals surface area (Å²) in [6, 6.07) is 12.7. The Kier molecular flexibility index (Phi) is 6.76. The number of nitrogens with zero attached hydrogens (tertiary/aromatic N) is 1. The fourth-order valence-electron chi connectivity index (χ4n) is 1.82. The lowest BCUT2D eigenvalue weighted by atomic mass is 10.2. The molecule has 6 heteroatoms. The predicted molar refractivity (Wildman–Crippen MR) is 90.9 cm³/mol. The van der Waals surface area contributed by atoms with Crippen LogP contribution in [0, 0.1) is 5.82 Å². The Labute approximate surface area is 140 Å². The third-order valence-corrected chi connectivity index (χ3v) is 3.05. The largest absolute Gasteiger partial charge is 0.494 e. The SMILES string of the molecule is CCCCOc1cccc(NC(=O)O/N=C/c2ccc(F)cc2)c1. The Balaban J connectivity index is 1.83. The Morgan fingerprint density at radius 1 is 1.25 bits per heavy atom. The Bertz CT molecular complexity index is 687. The van der Waals surface area contributed by atoms with E-state index in [2.05, 4.69) is 17.4 Å². The molecule has 2 aromatic carbocycles. The third kappa shape index (κ3) is 6.08. The number of hydrogen-bond acceptors (Lipinski definition) is 4. The summed E-state index contributed by atoms with van der Waals surface area (Å²) in [4.78, 5) is 16.4. The second-order valence-electron chi connectivity index (χ2n) is 5.02. The number of unbranched alkanes of at least 4 members (excludes halogenated alkanes) is 1. The quantitative estimate of drug-likeness (QED) is 0.350. The molecular weight excluding hydrogens is 311 g/mol. The van der Waals surface area contributed by atoms with Crippen molar-refractivity contribution in [2.75, 3.05) is 11.9 Å². The van der Waals surface area contributed by atoms with Gasteiger partial charge in [0.1, 0.15) is 11.6 Å². The number of ether oxygens (including phenoxy) is 1. The van der Waals surface area contributed by atoms with Gasteiger partial charge in [-0.2, -0.15) is 0 Å². The van der Waals surface area contributed by atoms with Gasteiger partial charge in [0, 0.05) is 11.8 Å². The van der Waals surface area contributed by atoms with Gasteiger partial charge in [-0.1, -0.05) is 36.7 Å². The summed E-state index contributed by atoms with van der Waals surface area (Å²) in [7, 11) is 0. The fraction of sp³-hybridized carbons (Fsp3) is 0.222. The minimum atomic E-state index is -0.723. The number of carbonyl (C=O) groups is 1. The van der Waals surface area contributed by atoms with E-state index < -0.39 is 6.09 Å². The highest BCUT2D eigenvalue weighted by Gasteiger charge is 2.04. The summed E-state index contributed by atoms with van der Waals surface area (Å²) in [6.07, 6.45) is 2.62. The summed E-state index contributed by atoms with van der Waals surface area (Å²) >= 11 is 0. The molecule has 0 aliphatic rings. The number of halogens is 1. The molecule has 0 spiro atoms. The van der Waals surface area contributed by atoms with E-state index in [-0.39, 0.29) is 5.82 Å². The van der Waals surface area contributed by atoms with Crippen LogP contribution >= 0.6 is 0 Å². The second kappa shape index (κ2) is 9.29. The number of benzene rings is 2. The molecular formula is C18H19FN2O3. The number of nitrogens with one attached hydrogen (secondary N) is 1. The summed E-state index contributed by atoms with van der Waals surface area (Å²) in [5.74, 6) is 0.336. The van der Waals surface area contributed by atoms with E-state index in [1.54, 1.807) is 18.2 Å². The summed E-state index contributed by atoms with van der Waals surface area (Å²) < 4.78 is 18.3. The number of carbonyl (C=O) groups excluding carboxylic acids is 1. The van der Waals surface area contributed by atoms with E-state index in [4.69, 9.17) is 9.57 Å². The Morgan fingerprint density at radius 3 is 2.79 bits per heavy atom. The maximum absolute atomic E-state index is 12.8. The molecule has 0 unspecified atom stereocenters. The number of hydrogen-bond donors (Lipinski definition) is 1. The van der Waals surface area contributed by atoms with Gasteiger partial charge < -0.3 is 4.74 Å². The molecule has 0 saturated carbocycles. The van der Waals surface area contributed by atoms with Gasteiger partial charge >= 0.3 is 6.09 Å². The standard InChI is InChI=1S/C18H19FN2O3/c1-2-3-11-23-17-6-4-5-16(12-17)21-18(22)24-20-13-14-7-9-15(19)10-8-14/h4-10,12-13H,2-3,11H2,1H3,(H,21,22)/b20-13+. The van der Waals surface area contributed by atoms with E-state index in [1.165, 1.54) is 30.5 Å². The zero-order valence-corrected chi connectivity index (χ0v) is 13.4. The van der Waals surface area contributed by atoms with Crippen molar-refractivity contribution in [3.63, 3.8) is 0 Å². The van der Waals surface area contributed by atoms with Crippen LogP contribution in [-0.2, 0) is 4.84 Å². The van der Waals surface area contributed by atoms with Crippen molar-refractivity contribution in [1.29, 1.82) is 0 Å². The van der Waals surface area contributed by atoms with Crippen molar-refractivity contribution < 1.29 is 18.8 Å². The monoisotopic (exact) mass is 330 g/mol.